The molecule has 0 N–H and O–H groups in total. The zero-order chi connectivity index (χ0) is 11.7. The van der Waals surface area contributed by atoms with Crippen LogP contribution in [0.1, 0.15) is 0 Å². The summed E-state index contributed by atoms with van der Waals surface area (Å²) < 4.78 is 0.911. The van der Waals surface area contributed by atoms with Crippen LogP contribution in [-0.2, 0) is 9.59 Å². The minimum absolute atomic E-state index is 0.250. The minimum Gasteiger partial charge on any atom is -0.269 e. The molecular weight excluding hydrogens is 290 g/mol. The molecule has 0 spiro atoms. The Hall–Kier alpha value is -1.07. The van der Waals surface area contributed by atoms with Gasteiger partial charge in [0.05, 0.1) is 10.6 Å². The standard InChI is InChI=1S/C11H8BrNO2S/c1-16-9-6-10(14)13(11(9)15)8-4-2-7(12)3-5-8/h2-6H,1H3. The van der Waals surface area contributed by atoms with Crippen molar-refractivity contribution in [1.29, 1.82) is 0 Å². The van der Waals surface area contributed by atoms with E-state index in [2.05, 4.69) is 15.9 Å². The molecule has 0 saturated carbocycles. The van der Waals surface area contributed by atoms with Gasteiger partial charge >= 0.3 is 0 Å². The average molecular weight is 298 g/mol. The molecule has 16 heavy (non-hydrogen) atoms. The molecule has 0 bridgehead atoms. The first kappa shape index (κ1) is 11.4. The Balaban J connectivity index is 2.34. The van der Waals surface area contributed by atoms with Gasteiger partial charge in [0.1, 0.15) is 0 Å². The van der Waals surface area contributed by atoms with Gasteiger partial charge in [-0.3, -0.25) is 9.59 Å². The summed E-state index contributed by atoms with van der Waals surface area (Å²) in [6, 6.07) is 7.06. The lowest BCUT2D eigenvalue weighted by Gasteiger charge is -2.14. The highest BCUT2D eigenvalue weighted by molar-refractivity contribution is 9.10. The van der Waals surface area contributed by atoms with Crippen molar-refractivity contribution in [2.75, 3.05) is 11.2 Å². The fourth-order valence-electron chi connectivity index (χ4n) is 1.43. The van der Waals surface area contributed by atoms with E-state index in [1.165, 1.54) is 22.7 Å². The maximum atomic E-state index is 11.8. The Morgan fingerprint density at radius 3 is 2.31 bits per heavy atom. The summed E-state index contributed by atoms with van der Waals surface area (Å²) in [5.41, 5.74) is 0.596. The summed E-state index contributed by atoms with van der Waals surface area (Å²) in [6.45, 7) is 0. The van der Waals surface area contributed by atoms with Crippen molar-refractivity contribution >= 4 is 45.2 Å². The van der Waals surface area contributed by atoms with Crippen molar-refractivity contribution in [3.8, 4) is 0 Å². The van der Waals surface area contributed by atoms with Crippen LogP contribution in [0.15, 0.2) is 39.7 Å². The topological polar surface area (TPSA) is 37.4 Å². The van der Waals surface area contributed by atoms with Crippen LogP contribution >= 0.6 is 27.7 Å². The van der Waals surface area contributed by atoms with Gasteiger partial charge in [-0.05, 0) is 30.5 Å². The predicted molar refractivity (Wildman–Crippen MR) is 68.2 cm³/mol. The number of rotatable bonds is 2. The lowest BCUT2D eigenvalue weighted by molar-refractivity contribution is -0.120. The zero-order valence-corrected chi connectivity index (χ0v) is 10.8. The molecule has 0 aromatic heterocycles. The van der Waals surface area contributed by atoms with E-state index in [-0.39, 0.29) is 11.8 Å². The first-order valence-electron chi connectivity index (χ1n) is 4.53. The fraction of sp³-hybridized carbons (Fsp3) is 0.0909. The zero-order valence-electron chi connectivity index (χ0n) is 8.44. The SMILES string of the molecule is CSC1=CC(=O)N(c2ccc(Br)cc2)C1=O. The van der Waals surface area contributed by atoms with Crippen LogP contribution in [-0.4, -0.2) is 18.1 Å². The second-order valence-electron chi connectivity index (χ2n) is 3.17. The number of benzene rings is 1. The van der Waals surface area contributed by atoms with Crippen molar-refractivity contribution in [3.05, 3.63) is 39.7 Å². The molecule has 1 aromatic carbocycles. The van der Waals surface area contributed by atoms with Crippen LogP contribution in [0.5, 0.6) is 0 Å². The number of hydrogen-bond donors (Lipinski definition) is 0. The molecule has 0 aliphatic carbocycles. The third kappa shape index (κ3) is 1.92. The number of halogens is 1. The summed E-state index contributed by atoms with van der Waals surface area (Å²) in [4.78, 5) is 25.1. The van der Waals surface area contributed by atoms with E-state index in [1.54, 1.807) is 30.5 Å². The maximum absolute atomic E-state index is 11.8. The Bertz CT molecular complexity index is 481. The molecule has 0 unspecified atom stereocenters. The van der Waals surface area contributed by atoms with Gasteiger partial charge in [-0.15, -0.1) is 11.8 Å². The Labute approximate surface area is 106 Å². The molecule has 0 atom stereocenters. The van der Waals surface area contributed by atoms with Crippen molar-refractivity contribution < 1.29 is 9.59 Å². The van der Waals surface area contributed by atoms with Crippen LogP contribution in [0.25, 0.3) is 0 Å². The molecular formula is C11H8BrNO2S. The highest BCUT2D eigenvalue weighted by Crippen LogP contribution is 2.27. The minimum atomic E-state index is -0.281. The first-order valence-corrected chi connectivity index (χ1v) is 6.55. The smallest absolute Gasteiger partial charge is 0.269 e. The van der Waals surface area contributed by atoms with Crippen LogP contribution < -0.4 is 4.90 Å². The van der Waals surface area contributed by atoms with Crippen molar-refractivity contribution in [1.82, 2.24) is 0 Å². The molecule has 1 aliphatic rings. The summed E-state index contributed by atoms with van der Waals surface area (Å²) in [5.74, 6) is -0.531. The fourth-order valence-corrected chi connectivity index (χ4v) is 2.18. The Morgan fingerprint density at radius 2 is 1.81 bits per heavy atom. The van der Waals surface area contributed by atoms with Crippen LogP contribution in [0.3, 0.4) is 0 Å². The summed E-state index contributed by atoms with van der Waals surface area (Å²) >= 11 is 4.59. The third-order valence-electron chi connectivity index (χ3n) is 2.19. The number of thioether (sulfide) groups is 1. The number of carbonyl (C=O) groups is 2. The number of hydrogen-bond acceptors (Lipinski definition) is 3. The molecule has 82 valence electrons. The number of nitrogens with zero attached hydrogens (tertiary/aromatic N) is 1. The van der Waals surface area contributed by atoms with Crippen LogP contribution in [0.4, 0.5) is 5.69 Å². The summed E-state index contributed by atoms with van der Waals surface area (Å²) in [5, 5.41) is 0. The summed E-state index contributed by atoms with van der Waals surface area (Å²) in [7, 11) is 0. The van der Waals surface area contributed by atoms with Gasteiger partial charge in [0.25, 0.3) is 11.8 Å². The molecule has 3 nitrogen and oxygen atoms in total. The molecule has 1 heterocycles. The van der Waals surface area contributed by atoms with Gasteiger partial charge < -0.3 is 0 Å². The van der Waals surface area contributed by atoms with Gasteiger partial charge in [0.15, 0.2) is 0 Å². The third-order valence-corrected chi connectivity index (χ3v) is 3.45. The van der Waals surface area contributed by atoms with Gasteiger partial charge in [0.2, 0.25) is 0 Å². The van der Waals surface area contributed by atoms with Crippen molar-refractivity contribution in [2.24, 2.45) is 0 Å². The number of carbonyl (C=O) groups excluding carboxylic acids is 2. The van der Waals surface area contributed by atoms with Crippen LogP contribution in [0.2, 0.25) is 0 Å². The highest BCUT2D eigenvalue weighted by atomic mass is 79.9. The van der Waals surface area contributed by atoms with Crippen LogP contribution in [0, 0.1) is 0 Å². The van der Waals surface area contributed by atoms with Gasteiger partial charge in [0, 0.05) is 10.5 Å². The van der Waals surface area contributed by atoms with Gasteiger partial charge in [-0.25, -0.2) is 4.90 Å². The van der Waals surface area contributed by atoms with Gasteiger partial charge in [-0.1, -0.05) is 15.9 Å². The molecule has 2 amide bonds. The average Bonchev–Trinajstić information content (AvgIpc) is 2.56. The molecule has 1 aromatic rings. The number of imide groups is 1. The molecule has 2 rings (SSSR count). The molecule has 5 heteroatoms. The predicted octanol–water partition coefficient (Wildman–Crippen LogP) is 2.57. The number of anilines is 1. The molecule has 0 radical (unpaired) electrons. The second-order valence-corrected chi connectivity index (χ2v) is 4.93. The molecule has 1 aliphatic heterocycles. The van der Waals surface area contributed by atoms with Crippen molar-refractivity contribution in [2.45, 2.75) is 0 Å². The van der Waals surface area contributed by atoms with Crippen molar-refractivity contribution in [3.63, 3.8) is 0 Å². The first-order chi connectivity index (χ1) is 7.63. The van der Waals surface area contributed by atoms with E-state index in [9.17, 15) is 9.59 Å². The molecule has 0 saturated heterocycles. The van der Waals surface area contributed by atoms with E-state index in [4.69, 9.17) is 0 Å². The molecule has 0 fully saturated rings. The van der Waals surface area contributed by atoms with E-state index < -0.39 is 0 Å². The Kier molecular flexibility index (Phi) is 3.16. The quantitative estimate of drug-likeness (QED) is 0.788. The second kappa shape index (κ2) is 4.43. The van der Waals surface area contributed by atoms with E-state index in [0.29, 0.717) is 10.6 Å². The van der Waals surface area contributed by atoms with E-state index in [1.807, 2.05) is 0 Å². The van der Waals surface area contributed by atoms with Gasteiger partial charge in [-0.2, -0.15) is 0 Å². The normalized spacial score (nSPS) is 15.6. The lowest BCUT2D eigenvalue weighted by Crippen LogP contribution is -2.30. The number of amides is 2. The lowest BCUT2D eigenvalue weighted by atomic mass is 10.3. The maximum Gasteiger partial charge on any atom is 0.271 e. The largest absolute Gasteiger partial charge is 0.271 e. The van der Waals surface area contributed by atoms with E-state index >= 15 is 0 Å². The summed E-state index contributed by atoms with van der Waals surface area (Å²) in [6.07, 6.45) is 3.15. The van der Waals surface area contributed by atoms with E-state index in [0.717, 1.165) is 4.47 Å². The Morgan fingerprint density at radius 1 is 1.19 bits per heavy atom. The monoisotopic (exact) mass is 297 g/mol. The highest BCUT2D eigenvalue weighted by Gasteiger charge is 2.31.